The van der Waals surface area contributed by atoms with Crippen molar-refractivity contribution in [1.29, 1.82) is 0 Å². The molecule has 0 unspecified atom stereocenters. The first kappa shape index (κ1) is 13.8. The highest BCUT2D eigenvalue weighted by Crippen LogP contribution is 2.26. The van der Waals surface area contributed by atoms with Gasteiger partial charge in [-0.2, -0.15) is 0 Å². The fraction of sp³-hybridized carbons (Fsp3) is 0.500. The Bertz CT molecular complexity index is 323. The molecular formula is C12H16Cl2O2. The van der Waals surface area contributed by atoms with Crippen LogP contribution in [0.4, 0.5) is 0 Å². The molecule has 0 aliphatic heterocycles. The van der Waals surface area contributed by atoms with Crippen LogP contribution in [0.3, 0.4) is 0 Å². The Hall–Kier alpha value is -0.280. The molecule has 16 heavy (non-hydrogen) atoms. The normalized spacial score (nSPS) is 11.1. The number of benzene rings is 1. The first-order valence-electron chi connectivity index (χ1n) is 5.35. The molecule has 0 heterocycles. The lowest BCUT2D eigenvalue weighted by molar-refractivity contribution is -0.134. The average molecular weight is 263 g/mol. The van der Waals surface area contributed by atoms with Crippen LogP contribution in [0.1, 0.15) is 19.4 Å². The van der Waals surface area contributed by atoms with Crippen LogP contribution in [0.25, 0.3) is 0 Å². The minimum absolute atomic E-state index is 0.258. The fourth-order valence-corrected chi connectivity index (χ4v) is 1.82. The third kappa shape index (κ3) is 3.95. The molecule has 1 aromatic rings. The van der Waals surface area contributed by atoms with E-state index in [-0.39, 0.29) is 6.29 Å². The maximum atomic E-state index is 6.09. The van der Waals surface area contributed by atoms with Gasteiger partial charge >= 0.3 is 0 Å². The van der Waals surface area contributed by atoms with Gasteiger partial charge in [-0.05, 0) is 25.5 Å². The van der Waals surface area contributed by atoms with Gasteiger partial charge in [0.25, 0.3) is 0 Å². The van der Waals surface area contributed by atoms with Crippen molar-refractivity contribution in [2.24, 2.45) is 0 Å². The van der Waals surface area contributed by atoms with E-state index in [0.717, 1.165) is 5.56 Å². The summed E-state index contributed by atoms with van der Waals surface area (Å²) >= 11 is 12.0. The van der Waals surface area contributed by atoms with Gasteiger partial charge in [0.1, 0.15) is 0 Å². The predicted molar refractivity (Wildman–Crippen MR) is 67.2 cm³/mol. The third-order valence-electron chi connectivity index (χ3n) is 2.12. The summed E-state index contributed by atoms with van der Waals surface area (Å²) in [5.74, 6) is 0. The van der Waals surface area contributed by atoms with Crippen molar-refractivity contribution < 1.29 is 9.47 Å². The van der Waals surface area contributed by atoms with Crippen LogP contribution in [0, 0.1) is 0 Å². The molecule has 90 valence electrons. The number of ether oxygens (including phenoxy) is 2. The number of hydrogen-bond acceptors (Lipinski definition) is 2. The van der Waals surface area contributed by atoms with E-state index in [1.165, 1.54) is 0 Å². The van der Waals surface area contributed by atoms with Gasteiger partial charge in [-0.1, -0.05) is 35.3 Å². The van der Waals surface area contributed by atoms with Crippen LogP contribution in [-0.2, 0) is 15.9 Å². The van der Waals surface area contributed by atoms with Gasteiger partial charge in [-0.3, -0.25) is 0 Å². The predicted octanol–water partition coefficient (Wildman–Crippen LogP) is 3.94. The molecule has 0 radical (unpaired) electrons. The van der Waals surface area contributed by atoms with E-state index in [9.17, 15) is 0 Å². The Morgan fingerprint density at radius 3 is 2.31 bits per heavy atom. The quantitative estimate of drug-likeness (QED) is 0.724. The molecule has 1 aromatic carbocycles. The zero-order valence-electron chi connectivity index (χ0n) is 9.50. The summed E-state index contributed by atoms with van der Waals surface area (Å²) in [6, 6.07) is 5.57. The van der Waals surface area contributed by atoms with Crippen LogP contribution in [0.2, 0.25) is 10.0 Å². The summed E-state index contributed by atoms with van der Waals surface area (Å²) in [7, 11) is 0. The summed E-state index contributed by atoms with van der Waals surface area (Å²) in [6.07, 6.45) is 0.354. The zero-order valence-corrected chi connectivity index (χ0v) is 11.0. The molecule has 0 spiro atoms. The molecule has 2 nitrogen and oxygen atoms in total. The van der Waals surface area contributed by atoms with Gasteiger partial charge in [0.2, 0.25) is 0 Å². The van der Waals surface area contributed by atoms with Gasteiger partial charge in [0.05, 0.1) is 10.0 Å². The van der Waals surface area contributed by atoms with Crippen LogP contribution >= 0.6 is 23.2 Å². The number of hydrogen-bond donors (Lipinski definition) is 0. The summed E-state index contributed by atoms with van der Waals surface area (Å²) in [6.45, 7) is 5.10. The molecule has 0 bridgehead atoms. The molecule has 1 rings (SSSR count). The first-order valence-corrected chi connectivity index (χ1v) is 6.10. The highest BCUT2D eigenvalue weighted by molar-refractivity contribution is 6.42. The largest absolute Gasteiger partial charge is 0.353 e. The van der Waals surface area contributed by atoms with E-state index in [1.807, 2.05) is 26.0 Å². The van der Waals surface area contributed by atoms with Crippen molar-refractivity contribution in [3.63, 3.8) is 0 Å². The second-order valence-electron chi connectivity index (χ2n) is 3.26. The maximum absolute atomic E-state index is 6.09. The highest BCUT2D eigenvalue weighted by Gasteiger charge is 2.12. The molecule has 0 saturated carbocycles. The summed E-state index contributed by atoms with van der Waals surface area (Å²) in [5.41, 5.74) is 0.945. The van der Waals surface area contributed by atoms with Crippen molar-refractivity contribution in [2.45, 2.75) is 26.6 Å². The van der Waals surface area contributed by atoms with Gasteiger partial charge in [-0.25, -0.2) is 0 Å². The smallest absolute Gasteiger partial charge is 0.161 e. The minimum atomic E-state index is -0.258. The molecule has 0 amide bonds. The Morgan fingerprint density at radius 1 is 1.12 bits per heavy atom. The van der Waals surface area contributed by atoms with Gasteiger partial charge in [0, 0.05) is 19.6 Å². The summed E-state index contributed by atoms with van der Waals surface area (Å²) in [5, 5.41) is 1.14. The summed E-state index contributed by atoms with van der Waals surface area (Å²) in [4.78, 5) is 0. The lowest BCUT2D eigenvalue weighted by Gasteiger charge is -2.17. The number of halogens is 2. The van der Waals surface area contributed by atoms with Gasteiger partial charge in [0.15, 0.2) is 6.29 Å². The van der Waals surface area contributed by atoms with Gasteiger partial charge in [-0.15, -0.1) is 0 Å². The molecule has 0 aliphatic rings. The summed E-state index contributed by atoms with van der Waals surface area (Å²) < 4.78 is 10.9. The second-order valence-corrected chi connectivity index (χ2v) is 4.04. The molecule has 0 fully saturated rings. The average Bonchev–Trinajstić information content (AvgIpc) is 2.25. The van der Waals surface area contributed by atoms with Gasteiger partial charge < -0.3 is 9.47 Å². The highest BCUT2D eigenvalue weighted by atomic mass is 35.5. The molecule has 0 N–H and O–H groups in total. The molecule has 0 saturated heterocycles. The van der Waals surface area contributed by atoms with Crippen LogP contribution in [0.15, 0.2) is 18.2 Å². The molecule has 0 aromatic heterocycles. The van der Waals surface area contributed by atoms with Crippen LogP contribution < -0.4 is 0 Å². The zero-order chi connectivity index (χ0) is 12.0. The topological polar surface area (TPSA) is 18.5 Å². The minimum Gasteiger partial charge on any atom is -0.353 e. The van der Waals surface area contributed by atoms with Crippen molar-refractivity contribution >= 4 is 23.2 Å². The van der Waals surface area contributed by atoms with Crippen LogP contribution in [0.5, 0.6) is 0 Å². The molecule has 0 atom stereocenters. The molecule has 4 heteroatoms. The molecule has 0 aliphatic carbocycles. The van der Waals surface area contributed by atoms with Crippen molar-refractivity contribution in [2.75, 3.05) is 13.2 Å². The fourth-order valence-electron chi connectivity index (χ4n) is 1.42. The van der Waals surface area contributed by atoms with E-state index in [4.69, 9.17) is 32.7 Å². The van der Waals surface area contributed by atoms with Crippen molar-refractivity contribution in [3.8, 4) is 0 Å². The van der Waals surface area contributed by atoms with Crippen molar-refractivity contribution in [3.05, 3.63) is 33.8 Å². The maximum Gasteiger partial charge on any atom is 0.161 e. The lowest BCUT2D eigenvalue weighted by Crippen LogP contribution is -2.20. The Balaban J connectivity index is 2.72. The Labute approximate surface area is 106 Å². The first-order chi connectivity index (χ1) is 7.69. The van der Waals surface area contributed by atoms with Crippen molar-refractivity contribution in [1.82, 2.24) is 0 Å². The second kappa shape index (κ2) is 7.13. The van der Waals surface area contributed by atoms with E-state index < -0.39 is 0 Å². The standard InChI is InChI=1S/C12H16Cl2O2/c1-3-15-11(16-4-2)8-9-6-5-7-10(13)12(9)14/h5-7,11H,3-4,8H2,1-2H3. The van der Waals surface area contributed by atoms with E-state index in [0.29, 0.717) is 29.7 Å². The molecular weight excluding hydrogens is 247 g/mol. The van der Waals surface area contributed by atoms with E-state index in [1.54, 1.807) is 6.07 Å². The SMILES string of the molecule is CCOC(Cc1cccc(Cl)c1Cl)OCC. The van der Waals surface area contributed by atoms with Crippen LogP contribution in [-0.4, -0.2) is 19.5 Å². The van der Waals surface area contributed by atoms with E-state index >= 15 is 0 Å². The third-order valence-corrected chi connectivity index (χ3v) is 2.98. The monoisotopic (exact) mass is 262 g/mol. The Morgan fingerprint density at radius 2 is 1.75 bits per heavy atom. The lowest BCUT2D eigenvalue weighted by atomic mass is 10.1. The number of rotatable bonds is 6. The Kier molecular flexibility index (Phi) is 6.14. The van der Waals surface area contributed by atoms with E-state index in [2.05, 4.69) is 0 Å².